The van der Waals surface area contributed by atoms with Crippen LogP contribution < -0.4 is 21.3 Å². The van der Waals surface area contributed by atoms with Crippen LogP contribution in [0.3, 0.4) is 0 Å². The van der Waals surface area contributed by atoms with Gasteiger partial charge in [0, 0.05) is 24.8 Å². The third-order valence-electron chi connectivity index (χ3n) is 3.70. The molecule has 7 nitrogen and oxygen atoms in total. The minimum absolute atomic E-state index is 0.0688. The van der Waals surface area contributed by atoms with Gasteiger partial charge in [0.25, 0.3) is 0 Å². The van der Waals surface area contributed by atoms with E-state index in [9.17, 15) is 9.59 Å². The Morgan fingerprint density at radius 3 is 2.62 bits per heavy atom. The van der Waals surface area contributed by atoms with E-state index in [1.165, 1.54) is 0 Å². The van der Waals surface area contributed by atoms with E-state index in [0.717, 1.165) is 5.56 Å². The lowest BCUT2D eigenvalue weighted by atomic mass is 10.1. The molecular weight excluding hydrogens is 308 g/mol. The minimum atomic E-state index is -0.320. The zero-order valence-electron chi connectivity index (χ0n) is 14.4. The van der Waals surface area contributed by atoms with E-state index in [0.29, 0.717) is 25.4 Å². The highest BCUT2D eigenvalue weighted by molar-refractivity contribution is 5.89. The van der Waals surface area contributed by atoms with E-state index in [-0.39, 0.29) is 30.1 Å². The number of morpholine rings is 1. The molecule has 0 saturated carbocycles. The number of urea groups is 1. The predicted molar refractivity (Wildman–Crippen MR) is 92.8 cm³/mol. The summed E-state index contributed by atoms with van der Waals surface area (Å²) >= 11 is 0. The molecule has 7 heteroatoms. The summed E-state index contributed by atoms with van der Waals surface area (Å²) in [4.78, 5) is 23.8. The van der Waals surface area contributed by atoms with Gasteiger partial charge in [-0.15, -0.1) is 0 Å². The zero-order chi connectivity index (χ0) is 17.5. The molecule has 0 spiro atoms. The van der Waals surface area contributed by atoms with Crippen molar-refractivity contribution >= 4 is 17.6 Å². The minimum Gasteiger partial charge on any atom is -0.375 e. The van der Waals surface area contributed by atoms with Gasteiger partial charge >= 0.3 is 6.03 Å². The lowest BCUT2D eigenvalue weighted by Crippen LogP contribution is -2.55. The van der Waals surface area contributed by atoms with Crippen LogP contribution in [0.4, 0.5) is 10.5 Å². The van der Waals surface area contributed by atoms with Gasteiger partial charge in [-0.25, -0.2) is 4.79 Å². The molecule has 1 aromatic rings. The third kappa shape index (κ3) is 5.50. The van der Waals surface area contributed by atoms with Gasteiger partial charge in [-0.1, -0.05) is 12.1 Å². The van der Waals surface area contributed by atoms with Crippen molar-refractivity contribution in [2.45, 2.75) is 45.5 Å². The first-order valence-corrected chi connectivity index (χ1v) is 8.25. The first kappa shape index (κ1) is 18.2. The van der Waals surface area contributed by atoms with Crippen LogP contribution in [-0.4, -0.2) is 43.3 Å². The molecule has 0 aromatic heterocycles. The molecule has 0 aliphatic carbocycles. The summed E-state index contributed by atoms with van der Waals surface area (Å²) in [6, 6.07) is 6.90. The SMILES string of the molecule is CC(C)NC(=O)Nc1ccc(CNC(=O)[C@H]2NCCO[C@@H]2C)cc1. The number of hydrogen-bond donors (Lipinski definition) is 4. The van der Waals surface area contributed by atoms with Crippen molar-refractivity contribution < 1.29 is 14.3 Å². The average molecular weight is 334 g/mol. The second-order valence-electron chi connectivity index (χ2n) is 6.18. The molecule has 1 saturated heterocycles. The van der Waals surface area contributed by atoms with Crippen LogP contribution in [0.1, 0.15) is 26.3 Å². The van der Waals surface area contributed by atoms with E-state index in [1.807, 2.05) is 45.0 Å². The summed E-state index contributed by atoms with van der Waals surface area (Å²) in [7, 11) is 0. The fourth-order valence-electron chi connectivity index (χ4n) is 2.46. The Balaban J connectivity index is 1.81. The van der Waals surface area contributed by atoms with Crippen molar-refractivity contribution in [3.63, 3.8) is 0 Å². The summed E-state index contributed by atoms with van der Waals surface area (Å²) in [5.41, 5.74) is 1.67. The summed E-state index contributed by atoms with van der Waals surface area (Å²) in [5.74, 6) is -0.0688. The highest BCUT2D eigenvalue weighted by Crippen LogP contribution is 2.10. The van der Waals surface area contributed by atoms with Crippen molar-refractivity contribution in [1.29, 1.82) is 0 Å². The Bertz CT molecular complexity index is 559. The van der Waals surface area contributed by atoms with E-state index in [2.05, 4.69) is 21.3 Å². The van der Waals surface area contributed by atoms with Gasteiger partial charge < -0.3 is 26.0 Å². The van der Waals surface area contributed by atoms with Gasteiger partial charge in [-0.05, 0) is 38.5 Å². The third-order valence-corrected chi connectivity index (χ3v) is 3.70. The normalized spacial score (nSPS) is 20.5. The maximum Gasteiger partial charge on any atom is 0.319 e. The van der Waals surface area contributed by atoms with E-state index >= 15 is 0 Å². The number of amides is 3. The molecule has 1 aliphatic heterocycles. The highest BCUT2D eigenvalue weighted by atomic mass is 16.5. The number of nitrogens with one attached hydrogen (secondary N) is 4. The van der Waals surface area contributed by atoms with Crippen molar-refractivity contribution in [2.24, 2.45) is 0 Å². The van der Waals surface area contributed by atoms with Crippen LogP contribution in [0.5, 0.6) is 0 Å². The molecule has 1 aliphatic rings. The van der Waals surface area contributed by atoms with Gasteiger partial charge in [0.15, 0.2) is 0 Å². The molecule has 0 unspecified atom stereocenters. The van der Waals surface area contributed by atoms with Gasteiger partial charge in [0.2, 0.25) is 5.91 Å². The number of carbonyl (C=O) groups excluding carboxylic acids is 2. The van der Waals surface area contributed by atoms with E-state index in [4.69, 9.17) is 4.74 Å². The lowest BCUT2D eigenvalue weighted by Gasteiger charge is -2.29. The van der Waals surface area contributed by atoms with Crippen LogP contribution in [-0.2, 0) is 16.1 Å². The second-order valence-corrected chi connectivity index (χ2v) is 6.18. The quantitative estimate of drug-likeness (QED) is 0.651. The van der Waals surface area contributed by atoms with E-state index < -0.39 is 0 Å². The summed E-state index contributed by atoms with van der Waals surface area (Å²) < 4.78 is 5.47. The Labute approximate surface area is 142 Å². The molecular formula is C17H26N4O3. The van der Waals surface area contributed by atoms with Crippen molar-refractivity contribution in [1.82, 2.24) is 16.0 Å². The molecule has 0 bridgehead atoms. The summed E-state index contributed by atoms with van der Waals surface area (Å²) in [6.45, 7) is 7.43. The number of anilines is 1. The highest BCUT2D eigenvalue weighted by Gasteiger charge is 2.27. The molecule has 4 N–H and O–H groups in total. The van der Waals surface area contributed by atoms with Crippen molar-refractivity contribution in [3.05, 3.63) is 29.8 Å². The van der Waals surface area contributed by atoms with Gasteiger partial charge in [0.05, 0.1) is 12.7 Å². The fourth-order valence-corrected chi connectivity index (χ4v) is 2.46. The van der Waals surface area contributed by atoms with Crippen LogP contribution in [0.25, 0.3) is 0 Å². The van der Waals surface area contributed by atoms with Gasteiger partial charge in [-0.3, -0.25) is 4.79 Å². The van der Waals surface area contributed by atoms with Crippen LogP contribution in [0, 0.1) is 0 Å². The number of benzene rings is 1. The number of rotatable bonds is 5. The van der Waals surface area contributed by atoms with Crippen molar-refractivity contribution in [2.75, 3.05) is 18.5 Å². The Morgan fingerprint density at radius 2 is 2.00 bits per heavy atom. The Kier molecular flexibility index (Phi) is 6.57. The van der Waals surface area contributed by atoms with Crippen LogP contribution >= 0.6 is 0 Å². The smallest absolute Gasteiger partial charge is 0.319 e. The monoisotopic (exact) mass is 334 g/mol. The Morgan fingerprint density at radius 1 is 1.29 bits per heavy atom. The molecule has 24 heavy (non-hydrogen) atoms. The van der Waals surface area contributed by atoms with Crippen LogP contribution in [0.15, 0.2) is 24.3 Å². The molecule has 2 rings (SSSR count). The second kappa shape index (κ2) is 8.65. The summed E-state index contributed by atoms with van der Waals surface area (Å²) in [5, 5.41) is 11.6. The maximum atomic E-state index is 12.2. The van der Waals surface area contributed by atoms with Crippen LogP contribution in [0.2, 0.25) is 0 Å². The van der Waals surface area contributed by atoms with Crippen molar-refractivity contribution in [3.8, 4) is 0 Å². The molecule has 2 atom stereocenters. The molecule has 1 fully saturated rings. The fraction of sp³-hybridized carbons (Fsp3) is 0.529. The molecule has 1 heterocycles. The Hall–Kier alpha value is -2.12. The summed E-state index contributed by atoms with van der Waals surface area (Å²) in [6.07, 6.45) is -0.134. The first-order chi connectivity index (χ1) is 11.5. The zero-order valence-corrected chi connectivity index (χ0v) is 14.4. The molecule has 0 radical (unpaired) electrons. The number of hydrogen-bond acceptors (Lipinski definition) is 4. The average Bonchev–Trinajstić information content (AvgIpc) is 2.53. The molecule has 132 valence electrons. The lowest BCUT2D eigenvalue weighted by molar-refractivity contribution is -0.129. The predicted octanol–water partition coefficient (Wildman–Crippen LogP) is 1.21. The maximum absolute atomic E-state index is 12.2. The number of carbonyl (C=O) groups is 2. The molecule has 3 amide bonds. The number of ether oxygens (including phenoxy) is 1. The first-order valence-electron chi connectivity index (χ1n) is 8.25. The molecule has 1 aromatic carbocycles. The standard InChI is InChI=1S/C17H26N4O3/c1-11(2)20-17(23)21-14-6-4-13(5-7-14)10-19-16(22)15-12(3)24-9-8-18-15/h4-7,11-12,15,18H,8-10H2,1-3H3,(H,19,22)(H2,20,21,23)/t12-,15+/m1/s1. The largest absolute Gasteiger partial charge is 0.375 e. The van der Waals surface area contributed by atoms with Gasteiger partial charge in [0.1, 0.15) is 6.04 Å². The van der Waals surface area contributed by atoms with E-state index in [1.54, 1.807) is 0 Å². The topological polar surface area (TPSA) is 91.5 Å². The van der Waals surface area contributed by atoms with Gasteiger partial charge in [-0.2, -0.15) is 0 Å².